The Morgan fingerprint density at radius 2 is 1.29 bits per heavy atom. The molecule has 1 amide bonds. The molecule has 0 saturated carbocycles. The van der Waals surface area contributed by atoms with Crippen LogP contribution in [0.4, 0.5) is 5.95 Å². The van der Waals surface area contributed by atoms with Gasteiger partial charge in [-0.05, 0) is 69.2 Å². The molecule has 406 valence electrons. The van der Waals surface area contributed by atoms with E-state index in [1.807, 2.05) is 55.4 Å². The second-order valence-electron chi connectivity index (χ2n) is 17.1. The third-order valence-corrected chi connectivity index (χ3v) is 14.7. The molecular formula is C45H77N11O14P2. The van der Waals surface area contributed by atoms with Crippen molar-refractivity contribution in [3.63, 3.8) is 0 Å². The van der Waals surface area contributed by atoms with Crippen molar-refractivity contribution in [2.75, 3.05) is 60.1 Å². The molecule has 10 atom stereocenters. The van der Waals surface area contributed by atoms with Crippen LogP contribution in [0.2, 0.25) is 0 Å². The van der Waals surface area contributed by atoms with Gasteiger partial charge in [-0.25, -0.2) is 32.3 Å². The van der Waals surface area contributed by atoms with E-state index in [0.717, 1.165) is 0 Å². The van der Waals surface area contributed by atoms with Crippen LogP contribution in [0, 0.1) is 19.1 Å². The van der Waals surface area contributed by atoms with Crippen LogP contribution < -0.4 is 22.1 Å². The smallest absolute Gasteiger partial charge is 0.330 e. The number of hydrogen-bond donors (Lipinski definition) is 5. The lowest BCUT2D eigenvalue weighted by molar-refractivity contribution is -0.118. The molecule has 5 rings (SSSR count). The number of rotatable bonds is 22. The highest BCUT2D eigenvalue weighted by molar-refractivity contribution is 7.44. The van der Waals surface area contributed by atoms with Gasteiger partial charge in [0.25, 0.3) is 28.2 Å². The van der Waals surface area contributed by atoms with Crippen molar-refractivity contribution >= 4 is 40.1 Å². The Hall–Kier alpha value is -4.14. The summed E-state index contributed by atoms with van der Waals surface area (Å²) in [5.74, 6) is -0.624. The Bertz CT molecular complexity index is 2430. The van der Waals surface area contributed by atoms with E-state index < -0.39 is 82.9 Å². The number of anilines is 1. The molecular weight excluding hydrogens is 981 g/mol. The maximum Gasteiger partial charge on any atom is 0.330 e. The summed E-state index contributed by atoms with van der Waals surface area (Å²) < 4.78 is 83.1. The second-order valence-corrected chi connectivity index (χ2v) is 19.9. The summed E-state index contributed by atoms with van der Waals surface area (Å²) in [6.07, 6.45) is -3.11. The highest BCUT2D eigenvalue weighted by Crippen LogP contribution is 2.51. The average Bonchev–Trinajstić information content (AvgIpc) is 4.04. The molecule has 5 N–H and O–H groups in total. The molecule has 5 heterocycles. The normalized spacial score (nSPS) is 23.3. The van der Waals surface area contributed by atoms with Crippen LogP contribution in [-0.4, -0.2) is 173 Å². The van der Waals surface area contributed by atoms with Crippen LogP contribution in [0.15, 0.2) is 33.0 Å². The number of ether oxygens (including phenoxy) is 4. The third kappa shape index (κ3) is 16.9. The number of nitrogens with zero attached hydrogens (tertiary/aromatic N) is 8. The minimum absolute atomic E-state index is 0.00834. The zero-order valence-corrected chi connectivity index (χ0v) is 45.5. The average molecular weight is 1060 g/mol. The fraction of sp³-hybridized carbons (Fsp3) is 0.733. The Labute approximate surface area is 430 Å². The van der Waals surface area contributed by atoms with Gasteiger partial charge < -0.3 is 57.0 Å². The Balaban J connectivity index is 0.000000481. The molecule has 2 fully saturated rings. The standard InChI is InChI=1S/C24H38N7O6P.C19H31N4O6P.2CH4O/c1-13(2)21(32)28-24-27-20-17(22(33)29-24)26-12-30(20)23-19(34-9)18(16(7)36-23)37-38(35-11-10-25-8)31(14(3)4)15(5)6;1-12(2)23(13(3)4)30(27-11-9-20-6)29-16-14(5)28-18(17(16)26-7)22-10-8-15(24)21-19(22)25;2*1-2/h12-16,18-19,23H,10-11H2,1-7,9H3,(H2,27,28,29,32,33);8,10,12-14,16-18H,9,11H2,1-5,7H3,(H,21,24,25);2*2H,1H3/t16-,18-,19-,23-,38?;14-,16-,17-,18-,30?;;/m11../s1/i7D;5D;2*2T. The van der Waals surface area contributed by atoms with Gasteiger partial charge in [-0.15, -0.1) is 0 Å². The summed E-state index contributed by atoms with van der Waals surface area (Å²) >= 11 is 0. The minimum atomic E-state index is -1.62. The molecule has 2 unspecified atom stereocenters. The number of carbonyl (C=O) groups is 1. The topological polar surface area (TPSA) is 277 Å². The van der Waals surface area contributed by atoms with Gasteiger partial charge in [0.15, 0.2) is 23.6 Å². The van der Waals surface area contributed by atoms with Crippen LogP contribution >= 0.6 is 17.1 Å². The van der Waals surface area contributed by atoms with Crippen molar-refractivity contribution in [2.24, 2.45) is 5.92 Å². The maximum absolute atomic E-state index is 12.7. The lowest BCUT2D eigenvalue weighted by atomic mass is 10.1. The van der Waals surface area contributed by atoms with Gasteiger partial charge in [0.05, 0.1) is 18.5 Å². The molecule has 0 spiro atoms. The highest BCUT2D eigenvalue weighted by atomic mass is 31.2. The largest absolute Gasteiger partial charge is 0.400 e. The summed E-state index contributed by atoms with van der Waals surface area (Å²) in [6, 6.07) is 1.61. The SMILES string of the molecule is [2H]C[C@H]1O[C@@H](n2ccc(=O)[nH]c2=O)[C@H](OC)[C@@H]1OP(OCC[N+]#[C-])N(C(C)C)C(C)C.[2H]C[C@H]1O[C@@H](n2cnc3c(=O)[nH]c(NC(=O)C(C)C)nc32)[C@H](OC)[C@@H]1OP(OCC[N+]#[C-])N(C(C)C)C(C)C.[3H]OC.[3H]OC. The number of amides is 1. The minimum Gasteiger partial charge on any atom is -0.400 e. The molecule has 2 saturated heterocycles. The van der Waals surface area contributed by atoms with Crippen LogP contribution in [0.3, 0.4) is 0 Å². The Kier molecular flexibility index (Phi) is 25.0. The molecule has 3 aromatic rings. The van der Waals surface area contributed by atoms with Crippen molar-refractivity contribution in [1.82, 2.24) is 38.4 Å². The second kappa shape index (κ2) is 31.6. The number of fused-ring (bicyclic) bond motifs is 1. The molecule has 0 aromatic carbocycles. The number of methoxy groups -OCH3 is 2. The zero-order valence-electron chi connectivity index (χ0n) is 47.7. The molecule has 27 heteroatoms. The number of carbonyl (C=O) groups excluding carboxylic acids is 1. The van der Waals surface area contributed by atoms with E-state index in [1.54, 1.807) is 18.4 Å². The number of hydrogen-bond acceptors (Lipinski definition) is 18. The lowest BCUT2D eigenvalue weighted by Crippen LogP contribution is -2.41. The number of imidazole rings is 1. The van der Waals surface area contributed by atoms with Crippen LogP contribution in [0.5, 0.6) is 0 Å². The number of aliphatic hydroxyl groups is 2. The number of aromatic amines is 2. The van der Waals surface area contributed by atoms with E-state index in [2.05, 4.69) is 54.5 Å². The van der Waals surface area contributed by atoms with Gasteiger partial charge in [-0.1, -0.05) is 13.8 Å². The number of nitrogens with one attached hydrogen (secondary N) is 3. The molecule has 25 nitrogen and oxygen atoms in total. The van der Waals surface area contributed by atoms with Crippen LogP contribution in [0.1, 0.15) is 98.2 Å². The van der Waals surface area contributed by atoms with E-state index >= 15 is 0 Å². The third-order valence-electron chi connectivity index (χ3n) is 10.4. The molecule has 0 bridgehead atoms. The van der Waals surface area contributed by atoms with Crippen molar-refractivity contribution in [3.05, 3.63) is 72.6 Å². The molecule has 0 radical (unpaired) electrons. The van der Waals surface area contributed by atoms with E-state index in [0.29, 0.717) is 0 Å². The molecule has 72 heavy (non-hydrogen) atoms. The molecule has 2 aliphatic rings. The van der Waals surface area contributed by atoms with Crippen molar-refractivity contribution in [2.45, 2.75) is 156 Å². The van der Waals surface area contributed by atoms with Crippen molar-refractivity contribution in [3.8, 4) is 0 Å². The fourth-order valence-electron chi connectivity index (χ4n) is 7.47. The first-order valence-electron chi connectivity index (χ1n) is 25.3. The molecule has 2 aliphatic heterocycles. The summed E-state index contributed by atoms with van der Waals surface area (Å²) in [6.45, 7) is 34.4. The van der Waals surface area contributed by atoms with Crippen molar-refractivity contribution < 1.29 is 54.8 Å². The molecule has 3 aromatic heterocycles. The van der Waals surface area contributed by atoms with E-state index in [1.165, 1.54) is 51.6 Å². The number of H-pyrrole nitrogens is 2. The van der Waals surface area contributed by atoms with Crippen LogP contribution in [0.25, 0.3) is 20.9 Å². The first-order valence-corrected chi connectivity index (χ1v) is 25.3. The van der Waals surface area contributed by atoms with Gasteiger partial charge in [-0.2, -0.15) is 4.98 Å². The Morgan fingerprint density at radius 3 is 1.68 bits per heavy atom. The molecule has 0 aliphatic carbocycles. The van der Waals surface area contributed by atoms with Crippen molar-refractivity contribution in [1.29, 1.82) is 2.86 Å². The number of aromatic nitrogens is 6. The van der Waals surface area contributed by atoms with E-state index in [4.69, 9.17) is 55.8 Å². The zero-order chi connectivity index (χ0) is 57.4. The summed E-state index contributed by atoms with van der Waals surface area (Å²) in [5, 5.41) is 9.61. The fourth-order valence-corrected chi connectivity index (χ4v) is 11.0. The predicted octanol–water partition coefficient (Wildman–Crippen LogP) is 4.67. The van der Waals surface area contributed by atoms with Gasteiger partial charge in [0.1, 0.15) is 37.6 Å². The summed E-state index contributed by atoms with van der Waals surface area (Å²) in [5.41, 5.74) is -1.41. The predicted molar refractivity (Wildman–Crippen MR) is 273 cm³/mol. The first kappa shape index (κ1) is 57.1. The Morgan fingerprint density at radius 1 is 0.833 bits per heavy atom. The van der Waals surface area contributed by atoms with Gasteiger partial charge >= 0.3 is 5.69 Å². The maximum atomic E-state index is 12.7. The van der Waals surface area contributed by atoms with E-state index in [9.17, 15) is 19.2 Å². The van der Waals surface area contributed by atoms with Gasteiger partial charge in [0.2, 0.25) is 27.8 Å². The van der Waals surface area contributed by atoms with Gasteiger partial charge in [0, 0.05) is 73.5 Å². The quantitative estimate of drug-likeness (QED) is 0.0520. The summed E-state index contributed by atoms with van der Waals surface area (Å²) in [4.78, 5) is 68.7. The monoisotopic (exact) mass is 1060 g/mol. The number of aliphatic hydroxyl groups excluding tert-OH is 2. The first-order chi connectivity index (χ1) is 36.1. The van der Waals surface area contributed by atoms with Crippen LogP contribution in [-0.2, 0) is 41.8 Å². The summed E-state index contributed by atoms with van der Waals surface area (Å²) in [7, 11) is 2.36. The lowest BCUT2D eigenvalue weighted by Gasteiger charge is -2.37. The highest BCUT2D eigenvalue weighted by Gasteiger charge is 2.49. The van der Waals surface area contributed by atoms with Gasteiger partial charge in [-0.3, -0.25) is 38.8 Å². The van der Waals surface area contributed by atoms with E-state index in [-0.39, 0.29) is 93.2 Å².